The smallest absolute Gasteiger partial charge is 0.0699 e. The van der Waals surface area contributed by atoms with Gasteiger partial charge in [-0.25, -0.2) is 0 Å². The van der Waals surface area contributed by atoms with Crippen molar-refractivity contribution >= 4 is 23.2 Å². The van der Waals surface area contributed by atoms with Gasteiger partial charge in [0.05, 0.1) is 6.10 Å². The molecule has 2 unspecified atom stereocenters. The summed E-state index contributed by atoms with van der Waals surface area (Å²) in [6.45, 7) is 5.00. The van der Waals surface area contributed by atoms with Gasteiger partial charge in [0, 0.05) is 23.2 Å². The van der Waals surface area contributed by atoms with Crippen LogP contribution in [0.5, 0.6) is 0 Å². The molecule has 0 spiro atoms. The second-order valence-electron chi connectivity index (χ2n) is 4.01. The van der Waals surface area contributed by atoms with E-state index in [1.165, 1.54) is 0 Å². The van der Waals surface area contributed by atoms with Crippen LogP contribution in [0.15, 0.2) is 18.2 Å². The molecule has 0 saturated heterocycles. The van der Waals surface area contributed by atoms with Crippen molar-refractivity contribution in [1.82, 2.24) is 5.32 Å². The van der Waals surface area contributed by atoms with Gasteiger partial charge in [-0.3, -0.25) is 0 Å². The SMILES string of the molecule is CCNC(Cc1c(Cl)cccc1Cl)C(C)OC. The van der Waals surface area contributed by atoms with Crippen LogP contribution in [0, 0.1) is 0 Å². The highest BCUT2D eigenvalue weighted by Gasteiger charge is 2.19. The number of halogens is 2. The Kier molecular flexibility index (Phi) is 6.28. The number of hydrogen-bond donors (Lipinski definition) is 1. The Morgan fingerprint density at radius 3 is 2.35 bits per heavy atom. The lowest BCUT2D eigenvalue weighted by Crippen LogP contribution is -2.41. The van der Waals surface area contributed by atoms with Gasteiger partial charge in [-0.1, -0.05) is 36.2 Å². The molecule has 0 fully saturated rings. The van der Waals surface area contributed by atoms with E-state index in [0.717, 1.165) is 18.5 Å². The van der Waals surface area contributed by atoms with E-state index in [4.69, 9.17) is 27.9 Å². The van der Waals surface area contributed by atoms with Gasteiger partial charge in [-0.05, 0) is 37.6 Å². The zero-order valence-electron chi connectivity index (χ0n) is 10.5. The Labute approximate surface area is 113 Å². The van der Waals surface area contributed by atoms with Crippen LogP contribution in [0.25, 0.3) is 0 Å². The summed E-state index contributed by atoms with van der Waals surface area (Å²) in [7, 11) is 1.71. The molecule has 0 heterocycles. The third kappa shape index (κ3) is 4.14. The normalized spacial score (nSPS) is 14.6. The van der Waals surface area contributed by atoms with Crippen LogP contribution in [0.3, 0.4) is 0 Å². The van der Waals surface area contributed by atoms with Crippen molar-refractivity contribution in [2.45, 2.75) is 32.4 Å². The van der Waals surface area contributed by atoms with Crippen LogP contribution in [0.2, 0.25) is 10.0 Å². The highest BCUT2D eigenvalue weighted by molar-refractivity contribution is 6.36. The fraction of sp³-hybridized carbons (Fsp3) is 0.538. The first-order chi connectivity index (χ1) is 8.10. The Bertz CT molecular complexity index is 337. The summed E-state index contributed by atoms with van der Waals surface area (Å²) in [6.07, 6.45) is 0.878. The molecule has 96 valence electrons. The van der Waals surface area contributed by atoms with E-state index >= 15 is 0 Å². The van der Waals surface area contributed by atoms with Crippen molar-refractivity contribution in [2.75, 3.05) is 13.7 Å². The van der Waals surface area contributed by atoms with Crippen LogP contribution in [-0.4, -0.2) is 25.8 Å². The van der Waals surface area contributed by atoms with E-state index in [1.807, 2.05) is 25.1 Å². The number of methoxy groups -OCH3 is 1. The average Bonchev–Trinajstić information content (AvgIpc) is 2.31. The molecule has 2 nitrogen and oxygen atoms in total. The maximum absolute atomic E-state index is 6.17. The third-order valence-corrected chi connectivity index (χ3v) is 3.60. The van der Waals surface area contributed by atoms with Crippen molar-refractivity contribution in [3.8, 4) is 0 Å². The van der Waals surface area contributed by atoms with Gasteiger partial charge >= 0.3 is 0 Å². The van der Waals surface area contributed by atoms with Crippen LogP contribution in [0.1, 0.15) is 19.4 Å². The Hall–Kier alpha value is -0.280. The van der Waals surface area contributed by atoms with Gasteiger partial charge in [0.25, 0.3) is 0 Å². The molecule has 2 atom stereocenters. The molecule has 1 N–H and O–H groups in total. The summed E-state index contributed by atoms with van der Waals surface area (Å²) in [4.78, 5) is 0. The van der Waals surface area contributed by atoms with E-state index in [2.05, 4.69) is 12.2 Å². The molecule has 1 aromatic rings. The maximum Gasteiger partial charge on any atom is 0.0699 e. The van der Waals surface area contributed by atoms with Crippen molar-refractivity contribution in [3.05, 3.63) is 33.8 Å². The standard InChI is InChI=1S/C13H19Cl2NO/c1-4-16-13(9(2)17-3)8-10-11(14)6-5-7-12(10)15/h5-7,9,13,16H,4,8H2,1-3H3. The van der Waals surface area contributed by atoms with Gasteiger partial charge in [0.1, 0.15) is 0 Å². The Balaban J connectivity index is 2.85. The number of hydrogen-bond acceptors (Lipinski definition) is 2. The van der Waals surface area contributed by atoms with E-state index in [9.17, 15) is 0 Å². The number of benzene rings is 1. The molecule has 1 aromatic carbocycles. The molecule has 4 heteroatoms. The number of nitrogens with one attached hydrogen (secondary N) is 1. The molecule has 0 radical (unpaired) electrons. The molecule has 0 aliphatic heterocycles. The predicted molar refractivity (Wildman–Crippen MR) is 74.1 cm³/mol. The summed E-state index contributed by atoms with van der Waals surface area (Å²) in [5.41, 5.74) is 0.977. The van der Waals surface area contributed by atoms with Gasteiger partial charge in [0.15, 0.2) is 0 Å². The molecule has 0 aromatic heterocycles. The molecule has 0 bridgehead atoms. The van der Waals surface area contributed by atoms with Crippen molar-refractivity contribution in [2.24, 2.45) is 0 Å². The summed E-state index contributed by atoms with van der Waals surface area (Å²) in [5.74, 6) is 0. The minimum Gasteiger partial charge on any atom is -0.380 e. The zero-order valence-corrected chi connectivity index (χ0v) is 12.0. The van der Waals surface area contributed by atoms with E-state index < -0.39 is 0 Å². The second kappa shape index (κ2) is 7.22. The topological polar surface area (TPSA) is 21.3 Å². The minimum absolute atomic E-state index is 0.113. The zero-order chi connectivity index (χ0) is 12.8. The molecule has 0 amide bonds. The van der Waals surface area contributed by atoms with Crippen LogP contribution in [-0.2, 0) is 11.2 Å². The largest absolute Gasteiger partial charge is 0.380 e. The molecule has 0 aliphatic carbocycles. The second-order valence-corrected chi connectivity index (χ2v) is 4.82. The molecular formula is C13H19Cl2NO. The third-order valence-electron chi connectivity index (χ3n) is 2.89. The number of ether oxygens (including phenoxy) is 1. The van der Waals surface area contributed by atoms with Crippen molar-refractivity contribution in [1.29, 1.82) is 0 Å². The minimum atomic E-state index is 0.113. The first-order valence-electron chi connectivity index (χ1n) is 5.79. The lowest BCUT2D eigenvalue weighted by molar-refractivity contribution is 0.0836. The molecule has 1 rings (SSSR count). The molecular weight excluding hydrogens is 257 g/mol. The fourth-order valence-corrected chi connectivity index (χ4v) is 2.33. The van der Waals surface area contributed by atoms with Gasteiger partial charge in [-0.2, -0.15) is 0 Å². The maximum atomic E-state index is 6.17. The summed E-state index contributed by atoms with van der Waals surface area (Å²) < 4.78 is 5.37. The monoisotopic (exact) mass is 275 g/mol. The van der Waals surface area contributed by atoms with E-state index in [1.54, 1.807) is 7.11 Å². The molecule has 0 saturated carbocycles. The average molecular weight is 276 g/mol. The fourth-order valence-electron chi connectivity index (χ4n) is 1.78. The summed E-state index contributed by atoms with van der Waals surface area (Å²) >= 11 is 12.3. The first-order valence-corrected chi connectivity index (χ1v) is 6.54. The van der Waals surface area contributed by atoms with Gasteiger partial charge < -0.3 is 10.1 Å². The summed E-state index contributed by atoms with van der Waals surface area (Å²) in [6, 6.07) is 5.80. The molecule has 17 heavy (non-hydrogen) atoms. The highest BCUT2D eigenvalue weighted by atomic mass is 35.5. The lowest BCUT2D eigenvalue weighted by Gasteiger charge is -2.24. The number of likely N-dealkylation sites (N-methyl/N-ethyl adjacent to an activating group) is 1. The summed E-state index contributed by atoms with van der Waals surface area (Å²) in [5, 5.41) is 4.82. The predicted octanol–water partition coefficient (Wildman–Crippen LogP) is 3.55. The van der Waals surface area contributed by atoms with Crippen LogP contribution < -0.4 is 5.32 Å². The first kappa shape index (κ1) is 14.8. The van der Waals surface area contributed by atoms with Crippen LogP contribution in [0.4, 0.5) is 0 Å². The molecule has 0 aliphatic rings. The van der Waals surface area contributed by atoms with Crippen LogP contribution >= 0.6 is 23.2 Å². The Morgan fingerprint density at radius 2 is 1.88 bits per heavy atom. The van der Waals surface area contributed by atoms with E-state index in [-0.39, 0.29) is 12.1 Å². The van der Waals surface area contributed by atoms with E-state index in [0.29, 0.717) is 10.0 Å². The van der Waals surface area contributed by atoms with Gasteiger partial charge in [-0.15, -0.1) is 0 Å². The lowest BCUT2D eigenvalue weighted by atomic mass is 10.0. The van der Waals surface area contributed by atoms with Gasteiger partial charge in [0.2, 0.25) is 0 Å². The van der Waals surface area contributed by atoms with Crippen molar-refractivity contribution in [3.63, 3.8) is 0 Å². The van der Waals surface area contributed by atoms with Crippen molar-refractivity contribution < 1.29 is 4.74 Å². The number of rotatable bonds is 6. The quantitative estimate of drug-likeness (QED) is 0.858. The highest BCUT2D eigenvalue weighted by Crippen LogP contribution is 2.26. The Morgan fingerprint density at radius 1 is 1.29 bits per heavy atom.